The second kappa shape index (κ2) is 13.4. The van der Waals surface area contributed by atoms with Gasteiger partial charge in [0.05, 0.1) is 5.56 Å². The molecule has 3 aromatic carbocycles. The third-order valence-corrected chi connectivity index (χ3v) is 10.3. The number of aromatic carboxylic acids is 1. The van der Waals surface area contributed by atoms with Crippen LogP contribution in [-0.2, 0) is 11.3 Å². The number of hydrogen-bond donors (Lipinski definition) is 3. The van der Waals surface area contributed by atoms with Gasteiger partial charge in [-0.3, -0.25) is 9.69 Å². The highest BCUT2D eigenvalue weighted by molar-refractivity contribution is 6.30. The molecule has 1 saturated carbocycles. The third-order valence-electron chi connectivity index (χ3n) is 9.78. The number of rotatable bonds is 8. The van der Waals surface area contributed by atoms with E-state index in [9.17, 15) is 9.59 Å². The van der Waals surface area contributed by atoms with Crippen molar-refractivity contribution in [1.82, 2.24) is 15.5 Å². The smallest absolute Gasteiger partial charge is 0.335 e. The van der Waals surface area contributed by atoms with Crippen LogP contribution in [0.3, 0.4) is 0 Å². The van der Waals surface area contributed by atoms with Gasteiger partial charge >= 0.3 is 5.97 Å². The Morgan fingerprint density at radius 2 is 1.49 bits per heavy atom. The quantitative estimate of drug-likeness (QED) is 0.260. The monoisotopic (exact) mass is 619 g/mol. The summed E-state index contributed by atoms with van der Waals surface area (Å²) in [6.45, 7) is 2.77. The van der Waals surface area contributed by atoms with Gasteiger partial charge in [0.2, 0.25) is 5.91 Å². The number of carbonyl (C=O) groups is 2. The van der Waals surface area contributed by atoms with Gasteiger partial charge in [-0.05, 0) is 110 Å². The molecule has 2 saturated heterocycles. The van der Waals surface area contributed by atoms with Crippen LogP contribution in [0.4, 0.5) is 0 Å². The normalized spacial score (nSPS) is 24.9. The molecule has 3 N–H and O–H groups in total. The number of likely N-dealkylation sites (tertiary alicyclic amines) is 1. The summed E-state index contributed by atoms with van der Waals surface area (Å²) in [4.78, 5) is 26.4. The lowest BCUT2D eigenvalue weighted by atomic mass is 9.65. The van der Waals surface area contributed by atoms with Crippen LogP contribution in [0.15, 0.2) is 72.8 Å². The number of halogens is 2. The molecule has 2 aliphatic heterocycles. The molecule has 2 heterocycles. The Morgan fingerprint density at radius 3 is 2.07 bits per heavy atom. The fourth-order valence-corrected chi connectivity index (χ4v) is 7.87. The lowest BCUT2D eigenvalue weighted by molar-refractivity contribution is -0.126. The summed E-state index contributed by atoms with van der Waals surface area (Å²) in [5.74, 6) is 0.321. The van der Waals surface area contributed by atoms with Crippen LogP contribution in [0.5, 0.6) is 0 Å². The molecule has 6 rings (SSSR count). The maximum Gasteiger partial charge on any atom is 0.335 e. The lowest BCUT2D eigenvalue weighted by Gasteiger charge is -2.47. The van der Waals surface area contributed by atoms with Crippen LogP contribution in [0.25, 0.3) is 0 Å². The van der Waals surface area contributed by atoms with E-state index in [2.05, 4.69) is 39.8 Å². The van der Waals surface area contributed by atoms with E-state index < -0.39 is 5.97 Å². The number of benzene rings is 3. The van der Waals surface area contributed by atoms with E-state index in [1.807, 2.05) is 36.4 Å². The van der Waals surface area contributed by atoms with E-state index in [0.29, 0.717) is 29.9 Å². The first-order chi connectivity index (χ1) is 20.8. The van der Waals surface area contributed by atoms with Crippen molar-refractivity contribution >= 4 is 35.1 Å². The highest BCUT2D eigenvalue weighted by Crippen LogP contribution is 2.45. The summed E-state index contributed by atoms with van der Waals surface area (Å²) >= 11 is 12.5. The summed E-state index contributed by atoms with van der Waals surface area (Å²) < 4.78 is 0. The molecule has 3 aliphatic rings. The van der Waals surface area contributed by atoms with Crippen LogP contribution in [0, 0.1) is 11.8 Å². The van der Waals surface area contributed by atoms with Gasteiger partial charge in [0.25, 0.3) is 0 Å². The van der Waals surface area contributed by atoms with Crippen LogP contribution >= 0.6 is 23.2 Å². The molecule has 0 aromatic heterocycles. The summed E-state index contributed by atoms with van der Waals surface area (Å²) in [7, 11) is 0. The molecule has 1 aliphatic carbocycles. The maximum absolute atomic E-state index is 12.8. The second-order valence-corrected chi connectivity index (χ2v) is 13.4. The number of amides is 1. The van der Waals surface area contributed by atoms with Gasteiger partial charge in [0.1, 0.15) is 0 Å². The van der Waals surface area contributed by atoms with Crippen molar-refractivity contribution in [3.63, 3.8) is 0 Å². The minimum absolute atomic E-state index is 0.159. The first-order valence-electron chi connectivity index (χ1n) is 15.4. The molecule has 4 atom stereocenters. The van der Waals surface area contributed by atoms with E-state index in [0.717, 1.165) is 67.3 Å². The number of fused-ring (bicyclic) bond motifs is 1. The number of nitrogens with one attached hydrogen (secondary N) is 2. The molecule has 43 heavy (non-hydrogen) atoms. The van der Waals surface area contributed by atoms with Crippen molar-refractivity contribution < 1.29 is 14.7 Å². The third kappa shape index (κ3) is 7.26. The van der Waals surface area contributed by atoms with Crippen molar-refractivity contribution in [3.05, 3.63) is 105 Å². The van der Waals surface area contributed by atoms with E-state index >= 15 is 0 Å². The molecule has 226 valence electrons. The van der Waals surface area contributed by atoms with Crippen LogP contribution in [0.1, 0.15) is 71.5 Å². The average Bonchev–Trinajstić information content (AvgIpc) is 3.00. The summed E-state index contributed by atoms with van der Waals surface area (Å²) in [5, 5.41) is 17.9. The summed E-state index contributed by atoms with van der Waals surface area (Å²) in [5.41, 5.74) is 3.99. The topological polar surface area (TPSA) is 81.7 Å². The lowest BCUT2D eigenvalue weighted by Crippen LogP contribution is -2.60. The predicted octanol–water partition coefficient (Wildman–Crippen LogP) is 6.75. The number of carbonyl (C=O) groups excluding carboxylic acids is 1. The van der Waals surface area contributed by atoms with Gasteiger partial charge < -0.3 is 15.7 Å². The molecule has 3 aromatic rings. The molecule has 6 nitrogen and oxygen atoms in total. The summed E-state index contributed by atoms with van der Waals surface area (Å²) in [6.07, 6.45) is 5.67. The fourth-order valence-electron chi connectivity index (χ4n) is 7.61. The molecule has 0 bridgehead atoms. The highest BCUT2D eigenvalue weighted by Gasteiger charge is 2.43. The van der Waals surface area contributed by atoms with Gasteiger partial charge in [0.15, 0.2) is 0 Å². The Hall–Kier alpha value is -2.90. The molecular formula is C35H39Cl2N3O3. The molecule has 0 spiro atoms. The second-order valence-electron chi connectivity index (χ2n) is 12.5. The van der Waals surface area contributed by atoms with Crippen LogP contribution in [-0.4, -0.2) is 53.1 Å². The number of carboxylic acids is 1. The molecule has 4 unspecified atom stereocenters. The van der Waals surface area contributed by atoms with Crippen molar-refractivity contribution in [3.8, 4) is 0 Å². The number of nitrogens with zero attached hydrogens (tertiary/aromatic N) is 1. The number of piperidine rings is 2. The van der Waals surface area contributed by atoms with Crippen molar-refractivity contribution in [2.45, 2.75) is 69.1 Å². The van der Waals surface area contributed by atoms with Crippen LogP contribution in [0.2, 0.25) is 10.0 Å². The summed E-state index contributed by atoms with van der Waals surface area (Å²) in [6, 6.07) is 24.5. The molecule has 0 radical (unpaired) electrons. The minimum atomic E-state index is -0.896. The van der Waals surface area contributed by atoms with E-state index in [-0.39, 0.29) is 23.9 Å². The van der Waals surface area contributed by atoms with Gasteiger partial charge in [0, 0.05) is 47.1 Å². The van der Waals surface area contributed by atoms with Gasteiger partial charge in [-0.1, -0.05) is 59.6 Å². The zero-order chi connectivity index (χ0) is 29.9. The molecule has 8 heteroatoms. The zero-order valence-electron chi connectivity index (χ0n) is 24.2. The van der Waals surface area contributed by atoms with E-state index in [4.69, 9.17) is 28.3 Å². The van der Waals surface area contributed by atoms with Crippen molar-refractivity contribution in [1.29, 1.82) is 0 Å². The van der Waals surface area contributed by atoms with Crippen molar-refractivity contribution in [2.75, 3.05) is 13.1 Å². The largest absolute Gasteiger partial charge is 0.478 e. The maximum atomic E-state index is 12.8. The minimum Gasteiger partial charge on any atom is -0.478 e. The van der Waals surface area contributed by atoms with Crippen molar-refractivity contribution in [2.24, 2.45) is 11.8 Å². The Balaban J connectivity index is 1.12. The molecule has 1 amide bonds. The van der Waals surface area contributed by atoms with Gasteiger partial charge in [-0.15, -0.1) is 0 Å². The zero-order valence-corrected chi connectivity index (χ0v) is 25.7. The van der Waals surface area contributed by atoms with E-state index in [1.165, 1.54) is 11.1 Å². The standard InChI is InChI=1S/C35H39Cl2N3O3/c36-27-10-5-23(6-11-27)34(24-7-12-28(37)13-8-24)26-9-14-31-30(19-26)32(20-33(41)39-31)38-29-15-17-40(18-16-29)21-22-1-3-25(4-2-22)35(42)43/h1-8,10-13,26,29-32,34,38H,9,14-21H2,(H,39,41)(H,42,43). The Kier molecular flexibility index (Phi) is 9.39. The van der Waals surface area contributed by atoms with Gasteiger partial charge in [-0.2, -0.15) is 0 Å². The SMILES string of the molecule is O=C1CC(NC2CCN(Cc3ccc(C(=O)O)cc3)CC2)C2CC(C(c3ccc(Cl)cc3)c3ccc(Cl)cc3)CCC2N1. The first-order valence-corrected chi connectivity index (χ1v) is 16.2. The number of carboxylic acid groups (broad SMARTS) is 1. The Bertz CT molecular complexity index is 1360. The molecular weight excluding hydrogens is 581 g/mol. The highest BCUT2D eigenvalue weighted by atomic mass is 35.5. The first kappa shape index (κ1) is 30.1. The van der Waals surface area contributed by atoms with E-state index in [1.54, 1.807) is 12.1 Å². The predicted molar refractivity (Wildman–Crippen MR) is 171 cm³/mol. The Morgan fingerprint density at radius 1 is 0.884 bits per heavy atom. The van der Waals surface area contributed by atoms with Gasteiger partial charge in [-0.25, -0.2) is 4.79 Å². The Labute approximate surface area is 263 Å². The average molecular weight is 621 g/mol. The fraction of sp³-hybridized carbons (Fsp3) is 0.429. The number of hydrogen-bond acceptors (Lipinski definition) is 4. The van der Waals surface area contributed by atoms with Crippen LogP contribution < -0.4 is 10.6 Å². The molecule has 3 fully saturated rings.